The Morgan fingerprint density at radius 1 is 1.35 bits per heavy atom. The molecule has 1 aliphatic rings. The van der Waals surface area contributed by atoms with E-state index in [-0.39, 0.29) is 12.0 Å². The first-order chi connectivity index (χ1) is 11.3. The highest BCUT2D eigenvalue weighted by atomic mass is 16.5. The quantitative estimate of drug-likeness (QED) is 0.865. The molecule has 1 aliphatic heterocycles. The zero-order valence-electron chi connectivity index (χ0n) is 13.0. The Labute approximate surface area is 135 Å². The standard InChI is InChI=1S/C17H19N3O3/c1-22-14-5-2-4-13(10-14)17(21)20-9-3-6-15(12-20)23-16-11-18-7-8-19-16/h2,4-5,7-8,10-11,15H,3,6,9,12H2,1H3. The number of likely N-dealkylation sites (tertiary alicyclic amines) is 1. The highest BCUT2D eigenvalue weighted by molar-refractivity contribution is 5.94. The van der Waals surface area contributed by atoms with Crippen LogP contribution in [0.25, 0.3) is 0 Å². The Hall–Kier alpha value is -2.63. The molecule has 0 radical (unpaired) electrons. The van der Waals surface area contributed by atoms with Gasteiger partial charge in [0.2, 0.25) is 5.88 Å². The normalized spacial score (nSPS) is 17.6. The van der Waals surface area contributed by atoms with Crippen LogP contribution in [0.5, 0.6) is 11.6 Å². The molecule has 1 atom stereocenters. The van der Waals surface area contributed by atoms with Gasteiger partial charge in [0.15, 0.2) is 0 Å². The summed E-state index contributed by atoms with van der Waals surface area (Å²) in [6.45, 7) is 1.28. The molecule has 23 heavy (non-hydrogen) atoms. The zero-order valence-corrected chi connectivity index (χ0v) is 13.0. The molecule has 1 aromatic heterocycles. The first-order valence-electron chi connectivity index (χ1n) is 7.62. The molecule has 0 aliphatic carbocycles. The number of rotatable bonds is 4. The minimum Gasteiger partial charge on any atom is -0.497 e. The Kier molecular flexibility index (Phi) is 4.71. The van der Waals surface area contributed by atoms with Crippen LogP contribution in [0.2, 0.25) is 0 Å². The van der Waals surface area contributed by atoms with Crippen molar-refractivity contribution in [2.45, 2.75) is 18.9 Å². The molecule has 6 nitrogen and oxygen atoms in total. The van der Waals surface area contributed by atoms with Crippen LogP contribution in [0.15, 0.2) is 42.9 Å². The Bertz CT molecular complexity index is 663. The molecule has 1 aromatic carbocycles. The molecule has 2 aromatic rings. The van der Waals surface area contributed by atoms with Gasteiger partial charge < -0.3 is 14.4 Å². The second-order valence-electron chi connectivity index (χ2n) is 5.41. The third-order valence-electron chi connectivity index (χ3n) is 3.81. The zero-order chi connectivity index (χ0) is 16.1. The smallest absolute Gasteiger partial charge is 0.254 e. The molecule has 1 amide bonds. The summed E-state index contributed by atoms with van der Waals surface area (Å²) in [5.41, 5.74) is 0.629. The highest BCUT2D eigenvalue weighted by Crippen LogP contribution is 2.20. The molecule has 1 fully saturated rings. The van der Waals surface area contributed by atoms with Gasteiger partial charge in [-0.05, 0) is 31.0 Å². The predicted molar refractivity (Wildman–Crippen MR) is 84.6 cm³/mol. The van der Waals surface area contributed by atoms with E-state index in [9.17, 15) is 4.79 Å². The number of amides is 1. The number of nitrogens with zero attached hydrogens (tertiary/aromatic N) is 3. The van der Waals surface area contributed by atoms with Crippen molar-refractivity contribution in [2.24, 2.45) is 0 Å². The van der Waals surface area contributed by atoms with Crippen molar-refractivity contribution in [3.63, 3.8) is 0 Å². The van der Waals surface area contributed by atoms with Crippen molar-refractivity contribution < 1.29 is 14.3 Å². The molecule has 6 heteroatoms. The third-order valence-corrected chi connectivity index (χ3v) is 3.81. The second-order valence-corrected chi connectivity index (χ2v) is 5.41. The summed E-state index contributed by atoms with van der Waals surface area (Å²) < 4.78 is 11.0. The number of methoxy groups -OCH3 is 1. The van der Waals surface area contributed by atoms with E-state index in [1.165, 1.54) is 0 Å². The van der Waals surface area contributed by atoms with Gasteiger partial charge in [-0.3, -0.25) is 9.78 Å². The number of aromatic nitrogens is 2. The summed E-state index contributed by atoms with van der Waals surface area (Å²) in [7, 11) is 1.59. The van der Waals surface area contributed by atoms with Gasteiger partial charge in [-0.1, -0.05) is 6.07 Å². The van der Waals surface area contributed by atoms with E-state index >= 15 is 0 Å². The van der Waals surface area contributed by atoms with Crippen molar-refractivity contribution >= 4 is 5.91 Å². The number of carbonyl (C=O) groups is 1. The van der Waals surface area contributed by atoms with E-state index in [4.69, 9.17) is 9.47 Å². The minimum absolute atomic E-state index is 0.00338. The lowest BCUT2D eigenvalue weighted by atomic mass is 10.1. The first kappa shape index (κ1) is 15.3. The van der Waals surface area contributed by atoms with Gasteiger partial charge in [0.25, 0.3) is 5.91 Å². The van der Waals surface area contributed by atoms with E-state index in [2.05, 4.69) is 9.97 Å². The lowest BCUT2D eigenvalue weighted by Crippen LogP contribution is -2.44. The molecule has 120 valence electrons. The van der Waals surface area contributed by atoms with Crippen LogP contribution in [-0.2, 0) is 0 Å². The number of hydrogen-bond acceptors (Lipinski definition) is 5. The van der Waals surface area contributed by atoms with Gasteiger partial charge in [0.05, 0.1) is 19.9 Å². The summed E-state index contributed by atoms with van der Waals surface area (Å²) in [6, 6.07) is 7.21. The maximum absolute atomic E-state index is 12.7. The van der Waals surface area contributed by atoms with Crippen molar-refractivity contribution in [3.05, 3.63) is 48.4 Å². The van der Waals surface area contributed by atoms with Crippen molar-refractivity contribution in [3.8, 4) is 11.6 Å². The molecule has 0 spiro atoms. The lowest BCUT2D eigenvalue weighted by molar-refractivity contribution is 0.0526. The van der Waals surface area contributed by atoms with Crippen LogP contribution in [0.4, 0.5) is 0 Å². The predicted octanol–water partition coefficient (Wildman–Crippen LogP) is 2.17. The van der Waals surface area contributed by atoms with Crippen molar-refractivity contribution in [2.75, 3.05) is 20.2 Å². The van der Waals surface area contributed by atoms with Crippen molar-refractivity contribution in [1.82, 2.24) is 14.9 Å². The number of piperidine rings is 1. The maximum Gasteiger partial charge on any atom is 0.254 e. The fourth-order valence-electron chi connectivity index (χ4n) is 2.67. The Balaban J connectivity index is 1.66. The largest absolute Gasteiger partial charge is 0.497 e. The molecule has 3 rings (SSSR count). The molecule has 1 saturated heterocycles. The topological polar surface area (TPSA) is 64.5 Å². The van der Waals surface area contributed by atoms with E-state index in [1.807, 2.05) is 17.0 Å². The van der Waals surface area contributed by atoms with Gasteiger partial charge in [-0.15, -0.1) is 0 Å². The third kappa shape index (κ3) is 3.77. The fraction of sp³-hybridized carbons (Fsp3) is 0.353. The van der Waals surface area contributed by atoms with Gasteiger partial charge in [0, 0.05) is 24.5 Å². The Morgan fingerprint density at radius 2 is 2.26 bits per heavy atom. The summed E-state index contributed by atoms with van der Waals surface area (Å²) in [5.74, 6) is 1.17. The van der Waals surface area contributed by atoms with Gasteiger partial charge in [-0.25, -0.2) is 4.98 Å². The van der Waals surface area contributed by atoms with Crippen LogP contribution in [0, 0.1) is 0 Å². The average molecular weight is 313 g/mol. The van der Waals surface area contributed by atoms with E-state index in [1.54, 1.807) is 37.8 Å². The molecular weight excluding hydrogens is 294 g/mol. The number of carbonyl (C=O) groups excluding carboxylic acids is 1. The molecule has 2 heterocycles. The van der Waals surface area contributed by atoms with Crippen LogP contribution < -0.4 is 9.47 Å². The molecular formula is C17H19N3O3. The van der Waals surface area contributed by atoms with E-state index in [0.717, 1.165) is 19.4 Å². The average Bonchev–Trinajstić information content (AvgIpc) is 2.62. The molecule has 1 unspecified atom stereocenters. The highest BCUT2D eigenvalue weighted by Gasteiger charge is 2.26. The number of ether oxygens (including phenoxy) is 2. The molecule has 0 N–H and O–H groups in total. The van der Waals surface area contributed by atoms with Crippen LogP contribution in [-0.4, -0.2) is 47.1 Å². The van der Waals surface area contributed by atoms with Crippen LogP contribution in [0.1, 0.15) is 23.2 Å². The molecule has 0 saturated carbocycles. The van der Waals surface area contributed by atoms with Crippen LogP contribution >= 0.6 is 0 Å². The minimum atomic E-state index is -0.0602. The van der Waals surface area contributed by atoms with Crippen molar-refractivity contribution in [1.29, 1.82) is 0 Å². The summed E-state index contributed by atoms with van der Waals surface area (Å²) in [5, 5.41) is 0. The fourth-order valence-corrected chi connectivity index (χ4v) is 2.67. The summed E-state index contributed by atoms with van der Waals surface area (Å²) >= 11 is 0. The summed E-state index contributed by atoms with van der Waals surface area (Å²) in [4.78, 5) is 22.6. The monoisotopic (exact) mass is 313 g/mol. The lowest BCUT2D eigenvalue weighted by Gasteiger charge is -2.32. The Morgan fingerprint density at radius 3 is 3.04 bits per heavy atom. The van der Waals surface area contributed by atoms with E-state index in [0.29, 0.717) is 23.7 Å². The number of hydrogen-bond donors (Lipinski definition) is 0. The van der Waals surface area contributed by atoms with Gasteiger partial charge in [-0.2, -0.15) is 0 Å². The van der Waals surface area contributed by atoms with Crippen LogP contribution in [0.3, 0.4) is 0 Å². The molecule has 0 bridgehead atoms. The maximum atomic E-state index is 12.7. The van der Waals surface area contributed by atoms with E-state index < -0.39 is 0 Å². The SMILES string of the molecule is COc1cccc(C(=O)N2CCCC(Oc3cnccn3)C2)c1. The summed E-state index contributed by atoms with van der Waals surface area (Å²) in [6.07, 6.45) is 6.53. The number of benzene rings is 1. The van der Waals surface area contributed by atoms with Gasteiger partial charge in [0.1, 0.15) is 11.9 Å². The first-order valence-corrected chi connectivity index (χ1v) is 7.62. The second kappa shape index (κ2) is 7.09. The van der Waals surface area contributed by atoms with Gasteiger partial charge >= 0.3 is 0 Å².